The Morgan fingerprint density at radius 1 is 0.324 bits per heavy atom. The smallest absolute Gasteiger partial charge is 0.0788 e. The lowest BCUT2D eigenvalue weighted by atomic mass is 9.96. The average molecular weight is 433 g/mol. The van der Waals surface area contributed by atoms with Gasteiger partial charge in [0.05, 0.1) is 22.4 Å². The first-order valence-electron chi connectivity index (χ1n) is 11.5. The summed E-state index contributed by atoms with van der Waals surface area (Å²) in [5, 5.41) is 7.07. The largest absolute Gasteiger partial charge is 0.247 e. The Labute approximate surface area is 197 Å². The van der Waals surface area contributed by atoms with Crippen LogP contribution in [0.4, 0.5) is 0 Å². The van der Waals surface area contributed by atoms with Crippen molar-refractivity contribution in [2.45, 2.75) is 0 Å². The SMILES string of the molecule is c1ccc(-c2nc3cc4nc(-c5ccccc5)c5ccccc5c4cc3c3ccccc23)cc1. The van der Waals surface area contributed by atoms with Crippen molar-refractivity contribution in [1.82, 2.24) is 9.97 Å². The summed E-state index contributed by atoms with van der Waals surface area (Å²) in [6, 6.07) is 42.4. The van der Waals surface area contributed by atoms with E-state index in [-0.39, 0.29) is 0 Å². The van der Waals surface area contributed by atoms with Crippen LogP contribution in [-0.4, -0.2) is 9.97 Å². The minimum absolute atomic E-state index is 0.965. The Morgan fingerprint density at radius 3 is 1.15 bits per heavy atom. The van der Waals surface area contributed by atoms with Crippen molar-refractivity contribution >= 4 is 43.4 Å². The number of hydrogen-bond acceptors (Lipinski definition) is 2. The molecular formula is C32H20N2. The Balaban J connectivity index is 1.63. The van der Waals surface area contributed by atoms with Gasteiger partial charge in [0.25, 0.3) is 0 Å². The molecule has 0 fully saturated rings. The molecule has 2 nitrogen and oxygen atoms in total. The lowest BCUT2D eigenvalue weighted by molar-refractivity contribution is 1.41. The number of nitrogens with zero attached hydrogens (tertiary/aromatic N) is 2. The summed E-state index contributed by atoms with van der Waals surface area (Å²) < 4.78 is 0. The van der Waals surface area contributed by atoms with Crippen LogP contribution in [-0.2, 0) is 0 Å². The van der Waals surface area contributed by atoms with Crippen molar-refractivity contribution in [3.8, 4) is 22.5 Å². The van der Waals surface area contributed by atoms with Crippen LogP contribution in [0, 0.1) is 0 Å². The minimum atomic E-state index is 0.965. The van der Waals surface area contributed by atoms with Gasteiger partial charge in [0.2, 0.25) is 0 Å². The third-order valence-corrected chi connectivity index (χ3v) is 6.62. The summed E-state index contributed by atoms with van der Waals surface area (Å²) in [6.45, 7) is 0. The maximum Gasteiger partial charge on any atom is 0.0788 e. The van der Waals surface area contributed by atoms with Crippen LogP contribution >= 0.6 is 0 Å². The molecule has 158 valence electrons. The Bertz CT molecular complexity index is 1700. The first-order chi connectivity index (χ1) is 16.9. The molecule has 7 aromatic rings. The predicted octanol–water partition coefficient (Wildman–Crippen LogP) is 8.42. The molecular weight excluding hydrogens is 412 g/mol. The molecule has 0 unspecified atom stereocenters. The fourth-order valence-electron chi connectivity index (χ4n) is 5.04. The van der Waals surface area contributed by atoms with E-state index in [1.54, 1.807) is 0 Å². The highest BCUT2D eigenvalue weighted by atomic mass is 14.7. The predicted molar refractivity (Wildman–Crippen MR) is 143 cm³/mol. The Kier molecular flexibility index (Phi) is 4.18. The highest BCUT2D eigenvalue weighted by Crippen LogP contribution is 2.37. The van der Waals surface area contributed by atoms with Crippen LogP contribution in [0.2, 0.25) is 0 Å². The second-order valence-electron chi connectivity index (χ2n) is 8.63. The fraction of sp³-hybridized carbons (Fsp3) is 0. The lowest BCUT2D eigenvalue weighted by Crippen LogP contribution is -1.93. The van der Waals surface area contributed by atoms with E-state index in [1.165, 1.54) is 21.5 Å². The molecule has 0 aliphatic heterocycles. The maximum absolute atomic E-state index is 5.17. The first kappa shape index (κ1) is 19.0. The van der Waals surface area contributed by atoms with E-state index in [0.29, 0.717) is 0 Å². The molecule has 0 radical (unpaired) electrons. The quantitative estimate of drug-likeness (QED) is 0.202. The van der Waals surface area contributed by atoms with Gasteiger partial charge in [-0.25, -0.2) is 9.97 Å². The highest BCUT2D eigenvalue weighted by molar-refractivity contribution is 6.19. The second kappa shape index (κ2) is 7.50. The van der Waals surface area contributed by atoms with Gasteiger partial charge in [-0.15, -0.1) is 0 Å². The molecule has 7 rings (SSSR count). The second-order valence-corrected chi connectivity index (χ2v) is 8.63. The number of pyridine rings is 2. The lowest BCUT2D eigenvalue weighted by Gasteiger charge is -2.13. The van der Waals surface area contributed by atoms with Gasteiger partial charge >= 0.3 is 0 Å². The third kappa shape index (κ3) is 2.89. The molecule has 0 bridgehead atoms. The van der Waals surface area contributed by atoms with E-state index in [4.69, 9.17) is 9.97 Å². The molecule has 0 aliphatic rings. The standard InChI is InChI=1S/C32H20N2/c1-3-11-21(12-4-1)31-25-17-9-7-15-23(25)27-19-28-24-16-8-10-18-26(24)32(22-13-5-2-6-14-22)34-30(28)20-29(27)33-31/h1-20H. The summed E-state index contributed by atoms with van der Waals surface area (Å²) in [7, 11) is 0. The summed E-state index contributed by atoms with van der Waals surface area (Å²) in [6.07, 6.45) is 0. The van der Waals surface area contributed by atoms with Crippen molar-refractivity contribution in [3.05, 3.63) is 121 Å². The van der Waals surface area contributed by atoms with Crippen LogP contribution in [0.15, 0.2) is 121 Å². The van der Waals surface area contributed by atoms with Gasteiger partial charge in [-0.1, -0.05) is 109 Å². The van der Waals surface area contributed by atoms with Gasteiger partial charge in [0, 0.05) is 32.7 Å². The molecule has 2 heterocycles. The maximum atomic E-state index is 5.17. The Hall–Kier alpha value is -4.56. The van der Waals surface area contributed by atoms with Crippen molar-refractivity contribution in [1.29, 1.82) is 0 Å². The van der Waals surface area contributed by atoms with Crippen molar-refractivity contribution < 1.29 is 0 Å². The molecule has 2 heteroatoms. The van der Waals surface area contributed by atoms with Gasteiger partial charge in [-0.2, -0.15) is 0 Å². The number of rotatable bonds is 2. The van der Waals surface area contributed by atoms with Gasteiger partial charge in [-0.05, 0) is 22.9 Å². The Morgan fingerprint density at radius 2 is 0.706 bits per heavy atom. The summed E-state index contributed by atoms with van der Waals surface area (Å²) in [5.41, 5.74) is 6.19. The fourth-order valence-corrected chi connectivity index (χ4v) is 5.04. The van der Waals surface area contributed by atoms with Crippen LogP contribution < -0.4 is 0 Å². The highest BCUT2D eigenvalue weighted by Gasteiger charge is 2.14. The van der Waals surface area contributed by atoms with Crippen LogP contribution in [0.1, 0.15) is 0 Å². The van der Waals surface area contributed by atoms with E-state index in [0.717, 1.165) is 44.3 Å². The first-order valence-corrected chi connectivity index (χ1v) is 11.5. The summed E-state index contributed by atoms with van der Waals surface area (Å²) in [5.74, 6) is 0. The normalized spacial score (nSPS) is 11.5. The zero-order chi connectivity index (χ0) is 22.5. The molecule has 0 spiro atoms. The van der Waals surface area contributed by atoms with Gasteiger partial charge < -0.3 is 0 Å². The van der Waals surface area contributed by atoms with E-state index >= 15 is 0 Å². The number of benzene rings is 5. The van der Waals surface area contributed by atoms with Crippen molar-refractivity contribution in [2.24, 2.45) is 0 Å². The van der Waals surface area contributed by atoms with E-state index in [9.17, 15) is 0 Å². The molecule has 2 aromatic heterocycles. The van der Waals surface area contributed by atoms with E-state index < -0.39 is 0 Å². The van der Waals surface area contributed by atoms with Gasteiger partial charge in [0.1, 0.15) is 0 Å². The number of aromatic nitrogens is 2. The summed E-state index contributed by atoms with van der Waals surface area (Å²) >= 11 is 0. The number of fused-ring (bicyclic) bond motifs is 6. The van der Waals surface area contributed by atoms with E-state index in [1.807, 2.05) is 12.1 Å². The molecule has 34 heavy (non-hydrogen) atoms. The zero-order valence-corrected chi connectivity index (χ0v) is 18.4. The zero-order valence-electron chi connectivity index (χ0n) is 18.4. The molecule has 0 atom stereocenters. The van der Waals surface area contributed by atoms with Crippen molar-refractivity contribution in [3.63, 3.8) is 0 Å². The van der Waals surface area contributed by atoms with Gasteiger partial charge in [0.15, 0.2) is 0 Å². The molecule has 0 saturated carbocycles. The third-order valence-electron chi connectivity index (χ3n) is 6.62. The number of hydrogen-bond donors (Lipinski definition) is 0. The monoisotopic (exact) mass is 432 g/mol. The molecule has 0 amide bonds. The molecule has 5 aromatic carbocycles. The molecule has 0 aliphatic carbocycles. The van der Waals surface area contributed by atoms with Gasteiger partial charge in [-0.3, -0.25) is 0 Å². The van der Waals surface area contributed by atoms with E-state index in [2.05, 4.69) is 109 Å². The van der Waals surface area contributed by atoms with Crippen LogP contribution in [0.3, 0.4) is 0 Å². The molecule has 0 N–H and O–H groups in total. The molecule has 0 saturated heterocycles. The van der Waals surface area contributed by atoms with Crippen LogP contribution in [0.5, 0.6) is 0 Å². The van der Waals surface area contributed by atoms with Crippen LogP contribution in [0.25, 0.3) is 65.9 Å². The summed E-state index contributed by atoms with van der Waals surface area (Å²) in [4.78, 5) is 10.3. The van der Waals surface area contributed by atoms with Crippen molar-refractivity contribution in [2.75, 3.05) is 0 Å². The minimum Gasteiger partial charge on any atom is -0.247 e. The topological polar surface area (TPSA) is 25.8 Å². The average Bonchev–Trinajstić information content (AvgIpc) is 2.92.